The number of nitrogens with zero attached hydrogens (tertiary/aromatic N) is 5. The van der Waals surface area contributed by atoms with E-state index in [-0.39, 0.29) is 11.6 Å². The Labute approximate surface area is 186 Å². The van der Waals surface area contributed by atoms with Gasteiger partial charge in [-0.15, -0.1) is 0 Å². The second-order valence-corrected chi connectivity index (χ2v) is 7.78. The molecule has 1 saturated heterocycles. The largest absolute Gasteiger partial charge is 0.330 e. The average molecular weight is 435 g/mol. The molecule has 0 saturated carbocycles. The zero-order chi connectivity index (χ0) is 22.3. The van der Waals surface area contributed by atoms with Crippen molar-refractivity contribution in [1.82, 2.24) is 19.4 Å². The average Bonchev–Trinajstić information content (AvgIpc) is 3.28. The van der Waals surface area contributed by atoms with Crippen molar-refractivity contribution in [2.75, 3.05) is 44.6 Å². The highest BCUT2D eigenvalue weighted by Gasteiger charge is 2.19. The van der Waals surface area contributed by atoms with Crippen LogP contribution in [-0.4, -0.2) is 69.4 Å². The summed E-state index contributed by atoms with van der Waals surface area (Å²) in [5, 5.41) is 13.5. The highest BCUT2D eigenvalue weighted by molar-refractivity contribution is 5.92. The molecule has 0 bridgehead atoms. The van der Waals surface area contributed by atoms with E-state index < -0.39 is 4.92 Å². The summed E-state index contributed by atoms with van der Waals surface area (Å²) < 4.78 is 2.18. The lowest BCUT2D eigenvalue weighted by molar-refractivity contribution is -0.384. The van der Waals surface area contributed by atoms with Crippen LogP contribution in [0.15, 0.2) is 67.0 Å². The normalized spacial score (nSPS) is 14.9. The molecule has 9 heteroatoms. The lowest BCUT2D eigenvalue weighted by Crippen LogP contribution is -2.49. The van der Waals surface area contributed by atoms with Crippen LogP contribution in [0.3, 0.4) is 0 Å². The Hall–Kier alpha value is -3.56. The highest BCUT2D eigenvalue weighted by atomic mass is 16.6. The van der Waals surface area contributed by atoms with E-state index in [9.17, 15) is 14.9 Å². The molecular weight excluding hydrogens is 408 g/mol. The zero-order valence-electron chi connectivity index (χ0n) is 17.8. The Morgan fingerprint density at radius 1 is 0.969 bits per heavy atom. The second-order valence-electron chi connectivity index (χ2n) is 7.78. The summed E-state index contributed by atoms with van der Waals surface area (Å²) >= 11 is 0. The number of piperazine rings is 1. The number of nitrogens with one attached hydrogen (secondary N) is 1. The van der Waals surface area contributed by atoms with Crippen LogP contribution in [0.2, 0.25) is 0 Å². The topological polar surface area (TPSA) is 96.5 Å². The third-order valence-electron chi connectivity index (χ3n) is 5.60. The van der Waals surface area contributed by atoms with Gasteiger partial charge in [0.05, 0.1) is 11.5 Å². The van der Waals surface area contributed by atoms with Gasteiger partial charge in [-0.25, -0.2) is 4.98 Å². The summed E-state index contributed by atoms with van der Waals surface area (Å²) in [7, 11) is 0. The van der Waals surface area contributed by atoms with E-state index in [1.54, 1.807) is 12.1 Å². The van der Waals surface area contributed by atoms with Gasteiger partial charge in [0.25, 0.3) is 5.69 Å². The molecule has 0 aliphatic carbocycles. The van der Waals surface area contributed by atoms with Gasteiger partial charge in [0.1, 0.15) is 5.82 Å². The summed E-state index contributed by atoms with van der Waals surface area (Å²) in [5.41, 5.74) is 1.68. The van der Waals surface area contributed by atoms with Gasteiger partial charge in [0.15, 0.2) is 0 Å². The third-order valence-corrected chi connectivity index (χ3v) is 5.60. The molecule has 0 atom stereocenters. The Kier molecular flexibility index (Phi) is 6.88. The maximum atomic E-state index is 12.3. The first-order chi connectivity index (χ1) is 15.6. The molecular formula is C23H26N6O3. The number of anilines is 1. The number of nitro groups is 1. The van der Waals surface area contributed by atoms with Crippen molar-refractivity contribution in [3.05, 3.63) is 77.1 Å². The number of hydrogen-bond acceptors (Lipinski definition) is 6. The number of nitro benzene ring substituents is 1. The molecule has 2 aromatic carbocycles. The second kappa shape index (κ2) is 10.2. The number of aromatic nitrogens is 2. The van der Waals surface area contributed by atoms with Crippen molar-refractivity contribution in [3.63, 3.8) is 0 Å². The quantitative estimate of drug-likeness (QED) is 0.433. The van der Waals surface area contributed by atoms with E-state index in [1.165, 1.54) is 12.1 Å². The number of imidazole rings is 1. The van der Waals surface area contributed by atoms with Gasteiger partial charge < -0.3 is 9.88 Å². The number of benzene rings is 2. The van der Waals surface area contributed by atoms with E-state index in [0.717, 1.165) is 50.7 Å². The SMILES string of the molecule is O=C(CN1CCN(CCn2ccnc2-c2ccccc2)CC1)Nc1ccc([N+](=O)[O-])cc1. The number of carbonyl (C=O) groups excluding carboxylic acids is 1. The van der Waals surface area contributed by atoms with Crippen LogP contribution in [-0.2, 0) is 11.3 Å². The van der Waals surface area contributed by atoms with Gasteiger partial charge in [-0.05, 0) is 12.1 Å². The summed E-state index contributed by atoms with van der Waals surface area (Å²) in [6, 6.07) is 16.1. The zero-order valence-corrected chi connectivity index (χ0v) is 17.8. The van der Waals surface area contributed by atoms with Crippen molar-refractivity contribution in [2.24, 2.45) is 0 Å². The van der Waals surface area contributed by atoms with Crippen molar-refractivity contribution >= 4 is 17.3 Å². The Morgan fingerprint density at radius 3 is 2.34 bits per heavy atom. The fourth-order valence-corrected chi connectivity index (χ4v) is 3.83. The maximum absolute atomic E-state index is 12.3. The highest BCUT2D eigenvalue weighted by Crippen LogP contribution is 2.17. The van der Waals surface area contributed by atoms with Crippen LogP contribution in [0.4, 0.5) is 11.4 Å². The molecule has 1 aliphatic rings. The summed E-state index contributed by atoms with van der Waals surface area (Å²) in [6.45, 7) is 5.56. The van der Waals surface area contributed by atoms with Crippen LogP contribution >= 0.6 is 0 Å². The van der Waals surface area contributed by atoms with Crippen molar-refractivity contribution in [3.8, 4) is 11.4 Å². The summed E-state index contributed by atoms with van der Waals surface area (Å²) in [4.78, 5) is 31.6. The number of non-ortho nitro benzene ring substituents is 1. The Balaban J connectivity index is 1.21. The molecule has 32 heavy (non-hydrogen) atoms. The molecule has 1 aromatic heterocycles. The number of rotatable bonds is 8. The molecule has 1 aliphatic heterocycles. The summed E-state index contributed by atoms with van der Waals surface area (Å²) in [6.07, 6.45) is 3.85. The van der Waals surface area contributed by atoms with Crippen LogP contribution in [0.25, 0.3) is 11.4 Å². The lowest BCUT2D eigenvalue weighted by atomic mass is 10.2. The monoisotopic (exact) mass is 434 g/mol. The Morgan fingerprint density at radius 2 is 1.66 bits per heavy atom. The lowest BCUT2D eigenvalue weighted by Gasteiger charge is -2.34. The number of amides is 1. The molecule has 0 unspecified atom stereocenters. The van der Waals surface area contributed by atoms with Crippen molar-refractivity contribution in [2.45, 2.75) is 6.54 Å². The van der Waals surface area contributed by atoms with Gasteiger partial charge in [-0.2, -0.15) is 0 Å². The van der Waals surface area contributed by atoms with Crippen LogP contribution in [0.5, 0.6) is 0 Å². The molecule has 1 N–H and O–H groups in total. The van der Waals surface area contributed by atoms with E-state index in [1.807, 2.05) is 30.6 Å². The fraction of sp³-hybridized carbons (Fsp3) is 0.304. The van der Waals surface area contributed by atoms with E-state index in [0.29, 0.717) is 12.2 Å². The van der Waals surface area contributed by atoms with Gasteiger partial charge in [0, 0.05) is 75.0 Å². The number of carbonyl (C=O) groups is 1. The molecule has 9 nitrogen and oxygen atoms in total. The van der Waals surface area contributed by atoms with Gasteiger partial charge in [-0.1, -0.05) is 30.3 Å². The van der Waals surface area contributed by atoms with Crippen LogP contribution in [0, 0.1) is 10.1 Å². The third kappa shape index (κ3) is 5.57. The molecule has 1 amide bonds. The first-order valence-electron chi connectivity index (χ1n) is 10.6. The minimum Gasteiger partial charge on any atom is -0.330 e. The van der Waals surface area contributed by atoms with E-state index >= 15 is 0 Å². The Bertz CT molecular complexity index is 1040. The van der Waals surface area contributed by atoms with Gasteiger partial charge >= 0.3 is 0 Å². The minimum atomic E-state index is -0.458. The van der Waals surface area contributed by atoms with Crippen LogP contribution in [0.1, 0.15) is 0 Å². The van der Waals surface area contributed by atoms with E-state index in [2.05, 4.69) is 36.8 Å². The van der Waals surface area contributed by atoms with Crippen LogP contribution < -0.4 is 5.32 Å². The molecule has 166 valence electrons. The predicted octanol–water partition coefficient (Wildman–Crippen LogP) is 2.71. The minimum absolute atomic E-state index is 0.00528. The van der Waals surface area contributed by atoms with Crippen molar-refractivity contribution in [1.29, 1.82) is 0 Å². The molecule has 3 aromatic rings. The summed E-state index contributed by atoms with van der Waals surface area (Å²) in [5.74, 6) is 0.866. The first-order valence-corrected chi connectivity index (χ1v) is 10.6. The van der Waals surface area contributed by atoms with Gasteiger partial charge in [0.2, 0.25) is 5.91 Å². The van der Waals surface area contributed by atoms with Crippen molar-refractivity contribution < 1.29 is 9.72 Å². The molecule has 4 rings (SSSR count). The smallest absolute Gasteiger partial charge is 0.269 e. The molecule has 2 heterocycles. The first kappa shape index (κ1) is 21.7. The van der Waals surface area contributed by atoms with E-state index in [4.69, 9.17) is 0 Å². The standard InChI is InChI=1S/C23H26N6O3/c30-22(25-20-6-8-21(9-7-20)29(31)32)18-27-14-12-26(13-15-27)16-17-28-11-10-24-23(28)19-4-2-1-3-5-19/h1-11H,12-18H2,(H,25,30). The van der Waals surface area contributed by atoms with Gasteiger partial charge in [-0.3, -0.25) is 24.7 Å². The molecule has 0 spiro atoms. The molecule has 0 radical (unpaired) electrons. The molecule has 1 fully saturated rings. The maximum Gasteiger partial charge on any atom is 0.269 e. The fourth-order valence-electron chi connectivity index (χ4n) is 3.83. The predicted molar refractivity (Wildman–Crippen MR) is 122 cm³/mol. The number of hydrogen-bond donors (Lipinski definition) is 1.